The van der Waals surface area contributed by atoms with Gasteiger partial charge in [-0.1, -0.05) is 18.2 Å². The Labute approximate surface area is 226 Å². The molecule has 202 valence electrons. The summed E-state index contributed by atoms with van der Waals surface area (Å²) in [5, 5.41) is 0.798. The molecule has 0 aliphatic rings. The Morgan fingerprint density at radius 2 is 1.15 bits per heavy atom. The lowest BCUT2D eigenvalue weighted by atomic mass is 10.1. The largest absolute Gasteiger partial charge is 0.493 e. The Hall–Kier alpha value is -4.92. The number of carbonyl (C=O) groups excluding carboxylic acids is 2. The first-order valence-electron chi connectivity index (χ1n) is 11.9. The minimum Gasteiger partial charge on any atom is -0.493 e. The number of fused-ring (bicyclic) bond motifs is 1. The molecule has 1 aromatic heterocycles. The summed E-state index contributed by atoms with van der Waals surface area (Å²) in [6.07, 6.45) is 4.80. The van der Waals surface area contributed by atoms with Crippen LogP contribution in [0, 0.1) is 0 Å². The summed E-state index contributed by atoms with van der Waals surface area (Å²) < 4.78 is 33.8. The highest BCUT2D eigenvalue weighted by molar-refractivity contribution is 6.10. The van der Waals surface area contributed by atoms with Gasteiger partial charge in [-0.3, -0.25) is 14.2 Å². The first kappa shape index (κ1) is 27.1. The number of ether oxygens (including phenoxy) is 6. The van der Waals surface area contributed by atoms with Gasteiger partial charge in [0.15, 0.2) is 28.8 Å². The van der Waals surface area contributed by atoms with Gasteiger partial charge in [0, 0.05) is 28.3 Å². The molecule has 0 fully saturated rings. The molecule has 0 amide bonds. The monoisotopic (exact) mass is 531 g/mol. The molecule has 0 aliphatic heterocycles. The Balaban J connectivity index is 1.74. The number of ketones is 1. The van der Waals surface area contributed by atoms with E-state index in [1.54, 1.807) is 36.5 Å². The van der Waals surface area contributed by atoms with Crippen molar-refractivity contribution in [3.05, 3.63) is 77.5 Å². The lowest BCUT2D eigenvalue weighted by molar-refractivity contribution is 0.0963. The molecule has 9 heteroatoms. The van der Waals surface area contributed by atoms with E-state index in [0.717, 1.165) is 5.39 Å². The van der Waals surface area contributed by atoms with Crippen LogP contribution < -0.4 is 28.4 Å². The maximum Gasteiger partial charge on any atom is 0.262 e. The summed E-state index contributed by atoms with van der Waals surface area (Å²) in [5.74, 6) is 1.70. The van der Waals surface area contributed by atoms with E-state index in [1.165, 1.54) is 53.3 Å². The molecule has 0 unspecified atom stereocenters. The smallest absolute Gasteiger partial charge is 0.262 e. The van der Waals surface area contributed by atoms with Gasteiger partial charge >= 0.3 is 0 Å². The van der Waals surface area contributed by atoms with E-state index in [9.17, 15) is 9.59 Å². The average molecular weight is 532 g/mol. The van der Waals surface area contributed by atoms with Gasteiger partial charge in [-0.2, -0.15) is 0 Å². The molecule has 0 N–H and O–H groups in total. The second-order valence-electron chi connectivity index (χ2n) is 8.30. The summed E-state index contributed by atoms with van der Waals surface area (Å²) >= 11 is 0. The molecular weight excluding hydrogens is 502 g/mol. The number of rotatable bonds is 10. The van der Waals surface area contributed by atoms with E-state index in [2.05, 4.69) is 0 Å². The van der Waals surface area contributed by atoms with Gasteiger partial charge in [-0.15, -0.1) is 0 Å². The molecule has 0 spiro atoms. The van der Waals surface area contributed by atoms with Crippen LogP contribution in [-0.2, 0) is 0 Å². The van der Waals surface area contributed by atoms with Gasteiger partial charge < -0.3 is 28.4 Å². The van der Waals surface area contributed by atoms with E-state index in [1.807, 2.05) is 24.3 Å². The summed E-state index contributed by atoms with van der Waals surface area (Å²) in [4.78, 5) is 26.8. The quantitative estimate of drug-likeness (QED) is 0.202. The van der Waals surface area contributed by atoms with Crippen LogP contribution in [0.4, 0.5) is 0 Å². The van der Waals surface area contributed by atoms with Crippen molar-refractivity contribution in [3.63, 3.8) is 0 Å². The maximum absolute atomic E-state index is 13.7. The molecule has 0 aliphatic carbocycles. The van der Waals surface area contributed by atoms with Crippen molar-refractivity contribution in [1.29, 1.82) is 0 Å². The topological polar surface area (TPSA) is 94.5 Å². The van der Waals surface area contributed by atoms with Gasteiger partial charge in [0.25, 0.3) is 5.91 Å². The summed E-state index contributed by atoms with van der Waals surface area (Å²) in [7, 11) is 8.95. The number of para-hydroxylation sites is 1. The lowest BCUT2D eigenvalue weighted by Crippen LogP contribution is -2.11. The van der Waals surface area contributed by atoms with Crippen LogP contribution in [0.2, 0.25) is 0 Å². The molecule has 39 heavy (non-hydrogen) atoms. The number of hydrogen-bond donors (Lipinski definition) is 0. The van der Waals surface area contributed by atoms with Crippen LogP contribution >= 0.6 is 0 Å². The highest BCUT2D eigenvalue weighted by Gasteiger charge is 2.21. The second kappa shape index (κ2) is 11.6. The fraction of sp³-hybridized carbons (Fsp3) is 0.200. The van der Waals surface area contributed by atoms with Crippen LogP contribution in [0.5, 0.6) is 34.5 Å². The van der Waals surface area contributed by atoms with E-state index in [-0.39, 0.29) is 11.7 Å². The molecule has 9 nitrogen and oxygen atoms in total. The number of allylic oxidation sites excluding steroid dienone is 1. The van der Waals surface area contributed by atoms with Crippen molar-refractivity contribution in [1.82, 2.24) is 4.57 Å². The van der Waals surface area contributed by atoms with Crippen LogP contribution in [0.1, 0.15) is 26.3 Å². The number of benzene rings is 3. The predicted octanol–water partition coefficient (Wildman–Crippen LogP) is 5.28. The molecule has 0 radical (unpaired) electrons. The van der Waals surface area contributed by atoms with Gasteiger partial charge in [0.2, 0.25) is 11.5 Å². The molecule has 4 aromatic rings. The standard InChI is InChI=1S/C30H29NO8/c1-34-24-13-19(14-25(35-2)28(24)38-5)23(32)12-11-18-17-31(22-10-8-7-9-21(18)22)30(33)20-15-26(36-3)29(39-6)27(16-20)37-4/h7-17H,1-6H3/b12-11+. The fourth-order valence-electron chi connectivity index (χ4n) is 4.34. The SMILES string of the molecule is COc1cc(C(=O)/C=C/c2cn(C(=O)c3cc(OC)c(OC)c(OC)c3)c3ccccc23)cc(OC)c1OC. The van der Waals surface area contributed by atoms with Gasteiger partial charge in [0.1, 0.15) is 0 Å². The van der Waals surface area contributed by atoms with Crippen molar-refractivity contribution < 1.29 is 38.0 Å². The third kappa shape index (κ3) is 5.11. The van der Waals surface area contributed by atoms with Crippen LogP contribution in [-0.4, -0.2) is 58.9 Å². The van der Waals surface area contributed by atoms with Crippen molar-refractivity contribution in [2.24, 2.45) is 0 Å². The average Bonchev–Trinajstić information content (AvgIpc) is 3.36. The zero-order valence-electron chi connectivity index (χ0n) is 22.6. The number of nitrogens with zero attached hydrogens (tertiary/aromatic N) is 1. The third-order valence-corrected chi connectivity index (χ3v) is 6.24. The second-order valence-corrected chi connectivity index (χ2v) is 8.30. The van der Waals surface area contributed by atoms with Crippen molar-refractivity contribution >= 4 is 28.7 Å². The van der Waals surface area contributed by atoms with Gasteiger partial charge in [-0.05, 0) is 42.5 Å². The molecule has 1 heterocycles. The van der Waals surface area contributed by atoms with Crippen molar-refractivity contribution in [2.75, 3.05) is 42.7 Å². The molecule has 0 saturated carbocycles. The third-order valence-electron chi connectivity index (χ3n) is 6.24. The van der Waals surface area contributed by atoms with Gasteiger partial charge in [0.05, 0.1) is 48.2 Å². The molecule has 3 aromatic carbocycles. The van der Waals surface area contributed by atoms with Crippen LogP contribution in [0.3, 0.4) is 0 Å². The summed E-state index contributed by atoms with van der Waals surface area (Å²) in [6.45, 7) is 0. The molecular formula is C30H29NO8. The maximum atomic E-state index is 13.7. The molecule has 0 bridgehead atoms. The van der Waals surface area contributed by atoms with Crippen LogP contribution in [0.15, 0.2) is 60.8 Å². The highest BCUT2D eigenvalue weighted by atomic mass is 16.5. The number of hydrogen-bond acceptors (Lipinski definition) is 8. The van der Waals surface area contributed by atoms with E-state index in [4.69, 9.17) is 28.4 Å². The first-order chi connectivity index (χ1) is 18.9. The lowest BCUT2D eigenvalue weighted by Gasteiger charge is -2.14. The Kier molecular flexibility index (Phi) is 8.10. The highest BCUT2D eigenvalue weighted by Crippen LogP contribution is 2.39. The molecule has 0 atom stereocenters. The Bertz CT molecular complexity index is 1520. The zero-order chi connectivity index (χ0) is 28.1. The minimum absolute atomic E-state index is 0.276. The zero-order valence-corrected chi connectivity index (χ0v) is 22.6. The number of carbonyl (C=O) groups is 2. The molecule has 0 saturated heterocycles. The van der Waals surface area contributed by atoms with Crippen molar-refractivity contribution in [3.8, 4) is 34.5 Å². The van der Waals surface area contributed by atoms with Crippen molar-refractivity contribution in [2.45, 2.75) is 0 Å². The van der Waals surface area contributed by atoms with Gasteiger partial charge in [-0.25, -0.2) is 0 Å². The number of methoxy groups -OCH3 is 6. The van der Waals surface area contributed by atoms with E-state index < -0.39 is 0 Å². The Morgan fingerprint density at radius 1 is 0.667 bits per heavy atom. The van der Waals surface area contributed by atoms with E-state index >= 15 is 0 Å². The fourth-order valence-corrected chi connectivity index (χ4v) is 4.34. The summed E-state index contributed by atoms with van der Waals surface area (Å²) in [5.41, 5.74) is 2.07. The number of aromatic nitrogens is 1. The normalized spacial score (nSPS) is 10.9. The van der Waals surface area contributed by atoms with Crippen LogP contribution in [0.25, 0.3) is 17.0 Å². The minimum atomic E-state index is -0.305. The predicted molar refractivity (Wildman–Crippen MR) is 147 cm³/mol. The first-order valence-corrected chi connectivity index (χ1v) is 11.9. The molecule has 4 rings (SSSR count). The Morgan fingerprint density at radius 3 is 1.64 bits per heavy atom. The van der Waals surface area contributed by atoms with E-state index in [0.29, 0.717) is 56.7 Å². The summed E-state index contributed by atoms with van der Waals surface area (Å²) in [6, 6.07) is 13.8.